The van der Waals surface area contributed by atoms with Gasteiger partial charge in [-0.3, -0.25) is 4.57 Å². The fourth-order valence-corrected chi connectivity index (χ4v) is 1.67. The zero-order valence-corrected chi connectivity index (χ0v) is 8.04. The van der Waals surface area contributed by atoms with Gasteiger partial charge in [-0.1, -0.05) is 18.2 Å². The van der Waals surface area contributed by atoms with Gasteiger partial charge in [-0.15, -0.1) is 0 Å². The highest BCUT2D eigenvalue weighted by molar-refractivity contribution is 5.81. The quantitative estimate of drug-likeness (QED) is 0.597. The highest BCUT2D eigenvalue weighted by atomic mass is 15.1. The minimum atomic E-state index is 0.707. The summed E-state index contributed by atoms with van der Waals surface area (Å²) in [5.74, 6) is 0.707. The van der Waals surface area contributed by atoms with Gasteiger partial charge in [-0.05, 0) is 18.2 Å². The van der Waals surface area contributed by atoms with Gasteiger partial charge in [0, 0.05) is 24.0 Å². The summed E-state index contributed by atoms with van der Waals surface area (Å²) in [4.78, 5) is 8.45. The lowest BCUT2D eigenvalue weighted by Crippen LogP contribution is -1.97. The van der Waals surface area contributed by atoms with Gasteiger partial charge < -0.3 is 0 Å². The Morgan fingerprint density at radius 2 is 1.67 bits per heavy atom. The Kier molecular flexibility index (Phi) is 1.75. The van der Waals surface area contributed by atoms with Gasteiger partial charge in [0.15, 0.2) is 0 Å². The third-order valence-corrected chi connectivity index (χ3v) is 2.37. The number of hydrogen-bond donors (Lipinski definition) is 0. The van der Waals surface area contributed by atoms with E-state index in [2.05, 4.69) is 28.2 Å². The predicted molar refractivity (Wildman–Crippen MR) is 58.9 cm³/mol. The van der Waals surface area contributed by atoms with Gasteiger partial charge in [0.1, 0.15) is 0 Å². The van der Waals surface area contributed by atoms with Crippen LogP contribution in [0.1, 0.15) is 0 Å². The summed E-state index contributed by atoms with van der Waals surface area (Å²) in [5.41, 5.74) is 1.13. The average molecular weight is 195 g/mol. The smallest absolute Gasteiger partial charge is 0.234 e. The van der Waals surface area contributed by atoms with Gasteiger partial charge in [-0.25, -0.2) is 9.97 Å². The summed E-state index contributed by atoms with van der Waals surface area (Å²) in [6.07, 6.45) is 5.48. The van der Waals surface area contributed by atoms with Crippen molar-refractivity contribution in [1.82, 2.24) is 14.5 Å². The molecule has 2 heterocycles. The monoisotopic (exact) mass is 195 g/mol. The molecule has 0 N–H and O–H groups in total. The molecule has 72 valence electrons. The van der Waals surface area contributed by atoms with Crippen molar-refractivity contribution in [2.45, 2.75) is 0 Å². The molecule has 0 atom stereocenters. The topological polar surface area (TPSA) is 30.7 Å². The zero-order chi connectivity index (χ0) is 10.1. The Morgan fingerprint density at radius 1 is 0.867 bits per heavy atom. The second-order valence-corrected chi connectivity index (χ2v) is 3.29. The van der Waals surface area contributed by atoms with Crippen LogP contribution in [-0.2, 0) is 0 Å². The largest absolute Gasteiger partial charge is 0.285 e. The van der Waals surface area contributed by atoms with E-state index in [9.17, 15) is 0 Å². The molecule has 0 bridgehead atoms. The number of para-hydroxylation sites is 1. The van der Waals surface area contributed by atoms with Crippen molar-refractivity contribution in [1.29, 1.82) is 0 Å². The zero-order valence-electron chi connectivity index (χ0n) is 8.04. The van der Waals surface area contributed by atoms with Crippen molar-refractivity contribution in [3.05, 3.63) is 55.0 Å². The summed E-state index contributed by atoms with van der Waals surface area (Å²) in [6.45, 7) is 0. The van der Waals surface area contributed by atoms with Gasteiger partial charge in [-0.2, -0.15) is 0 Å². The Hall–Kier alpha value is -2.16. The van der Waals surface area contributed by atoms with Gasteiger partial charge >= 0.3 is 0 Å². The lowest BCUT2D eigenvalue weighted by atomic mass is 10.2. The second kappa shape index (κ2) is 3.20. The SMILES string of the molecule is c1cnc(-n2ccc3ccccc32)nc1. The lowest BCUT2D eigenvalue weighted by Gasteiger charge is -2.01. The molecule has 0 aliphatic rings. The van der Waals surface area contributed by atoms with E-state index in [4.69, 9.17) is 0 Å². The first kappa shape index (κ1) is 8.17. The maximum Gasteiger partial charge on any atom is 0.234 e. The summed E-state index contributed by atoms with van der Waals surface area (Å²) in [5, 5.41) is 1.20. The molecule has 0 amide bonds. The molecule has 3 rings (SSSR count). The van der Waals surface area contributed by atoms with Crippen LogP contribution in [-0.4, -0.2) is 14.5 Å². The Balaban J connectivity index is 2.28. The fraction of sp³-hybridized carbons (Fsp3) is 0. The van der Waals surface area contributed by atoms with Crippen LogP contribution in [0.15, 0.2) is 55.0 Å². The summed E-state index contributed by atoms with van der Waals surface area (Å²) >= 11 is 0. The fourth-order valence-electron chi connectivity index (χ4n) is 1.67. The highest BCUT2D eigenvalue weighted by Crippen LogP contribution is 2.17. The summed E-state index contributed by atoms with van der Waals surface area (Å²) < 4.78 is 1.98. The lowest BCUT2D eigenvalue weighted by molar-refractivity contribution is 0.962. The number of nitrogens with zero attached hydrogens (tertiary/aromatic N) is 3. The van der Waals surface area contributed by atoms with Crippen molar-refractivity contribution in [2.75, 3.05) is 0 Å². The molecule has 0 radical (unpaired) electrons. The number of aromatic nitrogens is 3. The molecule has 0 saturated carbocycles. The van der Waals surface area contributed by atoms with Crippen molar-refractivity contribution >= 4 is 10.9 Å². The number of rotatable bonds is 1. The van der Waals surface area contributed by atoms with E-state index in [-0.39, 0.29) is 0 Å². The predicted octanol–water partition coefficient (Wildman–Crippen LogP) is 2.42. The second-order valence-electron chi connectivity index (χ2n) is 3.29. The van der Waals surface area contributed by atoms with E-state index in [1.807, 2.05) is 29.0 Å². The van der Waals surface area contributed by atoms with Gasteiger partial charge in [0.25, 0.3) is 0 Å². The van der Waals surface area contributed by atoms with E-state index in [0.717, 1.165) is 5.52 Å². The molecular weight excluding hydrogens is 186 g/mol. The van der Waals surface area contributed by atoms with Crippen LogP contribution in [0, 0.1) is 0 Å². The number of fused-ring (bicyclic) bond motifs is 1. The van der Waals surface area contributed by atoms with E-state index in [1.54, 1.807) is 12.4 Å². The van der Waals surface area contributed by atoms with E-state index in [1.165, 1.54) is 5.39 Å². The van der Waals surface area contributed by atoms with Crippen molar-refractivity contribution in [2.24, 2.45) is 0 Å². The van der Waals surface area contributed by atoms with Gasteiger partial charge in [0.2, 0.25) is 5.95 Å². The molecule has 3 heteroatoms. The van der Waals surface area contributed by atoms with Crippen LogP contribution in [0.2, 0.25) is 0 Å². The maximum atomic E-state index is 4.22. The number of benzene rings is 1. The van der Waals surface area contributed by atoms with Gasteiger partial charge in [0.05, 0.1) is 5.52 Å². The average Bonchev–Trinajstić information content (AvgIpc) is 2.74. The normalized spacial score (nSPS) is 10.7. The van der Waals surface area contributed by atoms with E-state index < -0.39 is 0 Å². The molecule has 0 saturated heterocycles. The van der Waals surface area contributed by atoms with Crippen LogP contribution in [0.25, 0.3) is 16.9 Å². The van der Waals surface area contributed by atoms with Crippen molar-refractivity contribution in [3.8, 4) is 5.95 Å². The maximum absolute atomic E-state index is 4.22. The summed E-state index contributed by atoms with van der Waals surface area (Å²) in [6, 6.07) is 12.1. The molecule has 3 nitrogen and oxygen atoms in total. The van der Waals surface area contributed by atoms with Crippen LogP contribution in [0.5, 0.6) is 0 Å². The highest BCUT2D eigenvalue weighted by Gasteiger charge is 2.02. The van der Waals surface area contributed by atoms with Crippen LogP contribution >= 0.6 is 0 Å². The first-order chi connectivity index (χ1) is 7.45. The molecule has 3 aromatic rings. The molecule has 0 fully saturated rings. The van der Waals surface area contributed by atoms with Crippen molar-refractivity contribution in [3.63, 3.8) is 0 Å². The Labute approximate surface area is 87.0 Å². The molecule has 0 unspecified atom stereocenters. The third kappa shape index (κ3) is 1.29. The standard InChI is InChI=1S/C12H9N3/c1-2-5-11-10(4-1)6-9-15(11)12-13-7-3-8-14-12/h1-9H. The molecular formula is C12H9N3. The molecule has 0 spiro atoms. The van der Waals surface area contributed by atoms with Crippen LogP contribution in [0.4, 0.5) is 0 Å². The molecule has 0 aliphatic carbocycles. The van der Waals surface area contributed by atoms with Crippen molar-refractivity contribution < 1.29 is 0 Å². The van der Waals surface area contributed by atoms with Crippen LogP contribution < -0.4 is 0 Å². The Bertz CT molecular complexity index is 584. The Morgan fingerprint density at radius 3 is 2.53 bits per heavy atom. The minimum Gasteiger partial charge on any atom is -0.285 e. The first-order valence-corrected chi connectivity index (χ1v) is 4.79. The summed E-state index contributed by atoms with van der Waals surface area (Å²) in [7, 11) is 0. The molecule has 1 aromatic carbocycles. The first-order valence-electron chi connectivity index (χ1n) is 4.79. The van der Waals surface area contributed by atoms with E-state index >= 15 is 0 Å². The number of hydrogen-bond acceptors (Lipinski definition) is 2. The minimum absolute atomic E-state index is 0.707. The van der Waals surface area contributed by atoms with E-state index in [0.29, 0.717) is 5.95 Å². The van der Waals surface area contributed by atoms with Crippen LogP contribution in [0.3, 0.4) is 0 Å². The molecule has 0 aliphatic heterocycles. The molecule has 2 aromatic heterocycles. The molecule has 15 heavy (non-hydrogen) atoms. The third-order valence-electron chi connectivity index (χ3n) is 2.37.